The summed E-state index contributed by atoms with van der Waals surface area (Å²) in [7, 11) is 3.97. The van der Waals surface area contributed by atoms with Crippen molar-refractivity contribution in [2.75, 3.05) is 37.3 Å². The van der Waals surface area contributed by atoms with Crippen molar-refractivity contribution in [1.82, 2.24) is 4.90 Å². The molecule has 1 aliphatic rings. The molecule has 15 heavy (non-hydrogen) atoms. The fourth-order valence-electron chi connectivity index (χ4n) is 1.88. The number of piperazine rings is 1. The number of nitrogens with zero attached hydrogens (tertiary/aromatic N) is 2. The van der Waals surface area contributed by atoms with Crippen LogP contribution in [0.3, 0.4) is 0 Å². The summed E-state index contributed by atoms with van der Waals surface area (Å²) in [6.07, 6.45) is 2.14. The third-order valence-electron chi connectivity index (χ3n) is 2.80. The normalized spacial score (nSPS) is 18.1. The Kier molecular flexibility index (Phi) is 3.54. The van der Waals surface area contributed by atoms with E-state index in [2.05, 4.69) is 47.4 Å². The number of thioether (sulfide) groups is 1. The highest BCUT2D eigenvalue weighted by atomic mass is 32.2. The van der Waals surface area contributed by atoms with Crippen LogP contribution >= 0.6 is 11.8 Å². The van der Waals surface area contributed by atoms with Crippen LogP contribution in [0.25, 0.3) is 0 Å². The van der Waals surface area contributed by atoms with E-state index in [0.717, 1.165) is 26.2 Å². The molecule has 1 aromatic rings. The predicted octanol–water partition coefficient (Wildman–Crippen LogP) is 2.32. The van der Waals surface area contributed by atoms with Gasteiger partial charge in [0.2, 0.25) is 0 Å². The second kappa shape index (κ2) is 4.90. The van der Waals surface area contributed by atoms with Crippen molar-refractivity contribution < 1.29 is 0 Å². The zero-order chi connectivity index (χ0) is 10.7. The topological polar surface area (TPSA) is 6.48 Å². The summed E-state index contributed by atoms with van der Waals surface area (Å²) in [5.41, 5.74) is 1.37. The van der Waals surface area contributed by atoms with Crippen LogP contribution < -0.4 is 4.90 Å². The molecule has 0 saturated carbocycles. The molecule has 2 rings (SSSR count). The van der Waals surface area contributed by atoms with Gasteiger partial charge in [-0.25, -0.2) is 0 Å². The molecule has 0 amide bonds. The minimum atomic E-state index is 1.06. The van der Waals surface area contributed by atoms with E-state index in [9.17, 15) is 0 Å². The Morgan fingerprint density at radius 2 is 1.80 bits per heavy atom. The standard InChI is InChI=1S/C12H17N2S/c1-13-7-9-14(10-8-13)11-5-3-4-6-12(11)15-2/h3-6H,1,7-10H2,2H3/q-1. The number of benzene rings is 1. The van der Waals surface area contributed by atoms with E-state index < -0.39 is 0 Å². The van der Waals surface area contributed by atoms with Crippen LogP contribution in [0, 0.1) is 7.05 Å². The Labute approximate surface area is 96.3 Å². The molecule has 0 atom stereocenters. The van der Waals surface area contributed by atoms with Gasteiger partial charge in [-0.2, -0.15) is 0 Å². The van der Waals surface area contributed by atoms with Gasteiger partial charge in [-0.05, 0) is 31.5 Å². The maximum absolute atomic E-state index is 3.97. The van der Waals surface area contributed by atoms with E-state index in [0.29, 0.717) is 0 Å². The number of para-hydroxylation sites is 1. The predicted molar refractivity (Wildman–Crippen MR) is 67.4 cm³/mol. The average Bonchev–Trinajstić information content (AvgIpc) is 2.30. The van der Waals surface area contributed by atoms with Gasteiger partial charge in [0.1, 0.15) is 0 Å². The van der Waals surface area contributed by atoms with E-state index in [1.165, 1.54) is 10.6 Å². The monoisotopic (exact) mass is 221 g/mol. The van der Waals surface area contributed by atoms with Gasteiger partial charge in [-0.3, -0.25) is 7.05 Å². The summed E-state index contributed by atoms with van der Waals surface area (Å²) in [5, 5.41) is 0. The fourth-order valence-corrected chi connectivity index (χ4v) is 2.50. The molecule has 0 radical (unpaired) electrons. The molecule has 0 unspecified atom stereocenters. The minimum Gasteiger partial charge on any atom is -0.456 e. The van der Waals surface area contributed by atoms with Crippen LogP contribution in [-0.2, 0) is 0 Å². The van der Waals surface area contributed by atoms with Gasteiger partial charge in [-0.15, -0.1) is 11.8 Å². The molecular weight excluding hydrogens is 204 g/mol. The molecule has 1 saturated heterocycles. The number of anilines is 1. The second-order valence-electron chi connectivity index (χ2n) is 3.78. The summed E-state index contributed by atoms with van der Waals surface area (Å²) in [4.78, 5) is 5.96. The van der Waals surface area contributed by atoms with Crippen molar-refractivity contribution in [2.45, 2.75) is 4.90 Å². The SMILES string of the molecule is [CH2-]N1CCN(c2ccccc2SC)CC1. The summed E-state index contributed by atoms with van der Waals surface area (Å²) in [6.45, 7) is 4.29. The lowest BCUT2D eigenvalue weighted by molar-refractivity contribution is 0.344. The molecule has 1 fully saturated rings. The zero-order valence-corrected chi connectivity index (χ0v) is 9.96. The van der Waals surface area contributed by atoms with E-state index in [-0.39, 0.29) is 0 Å². The molecule has 1 aromatic carbocycles. The Hall–Kier alpha value is -0.670. The van der Waals surface area contributed by atoms with Gasteiger partial charge < -0.3 is 9.80 Å². The third kappa shape index (κ3) is 2.47. The molecule has 1 aliphatic heterocycles. The molecule has 0 aromatic heterocycles. The Balaban J connectivity index is 2.15. The number of hydrogen-bond donors (Lipinski definition) is 0. The molecule has 0 bridgehead atoms. The van der Waals surface area contributed by atoms with Crippen LogP contribution in [0.1, 0.15) is 0 Å². The first-order valence-corrected chi connectivity index (χ1v) is 6.47. The summed E-state index contributed by atoms with van der Waals surface area (Å²) >= 11 is 1.82. The quantitative estimate of drug-likeness (QED) is 0.559. The van der Waals surface area contributed by atoms with Gasteiger partial charge in [0.25, 0.3) is 0 Å². The lowest BCUT2D eigenvalue weighted by Gasteiger charge is -2.39. The molecular formula is C12H17N2S-. The maximum atomic E-state index is 3.97. The summed E-state index contributed by atoms with van der Waals surface area (Å²) in [6, 6.07) is 8.62. The fraction of sp³-hybridized carbons (Fsp3) is 0.417. The molecule has 2 nitrogen and oxygen atoms in total. The van der Waals surface area contributed by atoms with E-state index in [1.807, 2.05) is 11.8 Å². The van der Waals surface area contributed by atoms with Crippen molar-refractivity contribution in [3.63, 3.8) is 0 Å². The first kappa shape index (κ1) is 10.8. The third-order valence-corrected chi connectivity index (χ3v) is 3.58. The van der Waals surface area contributed by atoms with E-state index in [4.69, 9.17) is 0 Å². The highest BCUT2D eigenvalue weighted by Gasteiger charge is 2.13. The summed E-state index contributed by atoms with van der Waals surface area (Å²) < 4.78 is 0. The molecule has 0 spiro atoms. The minimum absolute atomic E-state index is 1.06. The first-order chi connectivity index (χ1) is 7.31. The van der Waals surface area contributed by atoms with Gasteiger partial charge >= 0.3 is 0 Å². The average molecular weight is 221 g/mol. The van der Waals surface area contributed by atoms with Gasteiger partial charge in [-0.1, -0.05) is 12.1 Å². The van der Waals surface area contributed by atoms with Crippen molar-refractivity contribution in [2.24, 2.45) is 0 Å². The van der Waals surface area contributed by atoms with Crippen LogP contribution in [0.4, 0.5) is 5.69 Å². The Bertz CT molecular complexity index is 319. The summed E-state index contributed by atoms with van der Waals surface area (Å²) in [5.74, 6) is 0. The molecule has 0 aliphatic carbocycles. The van der Waals surface area contributed by atoms with Crippen LogP contribution in [0.5, 0.6) is 0 Å². The number of hydrogen-bond acceptors (Lipinski definition) is 3. The van der Waals surface area contributed by atoms with Crippen molar-refractivity contribution in [3.05, 3.63) is 31.3 Å². The van der Waals surface area contributed by atoms with Gasteiger partial charge in [0, 0.05) is 18.0 Å². The largest absolute Gasteiger partial charge is 0.456 e. The number of rotatable bonds is 2. The van der Waals surface area contributed by atoms with E-state index >= 15 is 0 Å². The lowest BCUT2D eigenvalue weighted by atomic mass is 10.2. The second-order valence-corrected chi connectivity index (χ2v) is 4.63. The zero-order valence-electron chi connectivity index (χ0n) is 9.15. The van der Waals surface area contributed by atoms with Crippen LogP contribution in [0.15, 0.2) is 29.2 Å². The van der Waals surface area contributed by atoms with Crippen molar-refractivity contribution in [1.29, 1.82) is 0 Å². The molecule has 3 heteroatoms. The Morgan fingerprint density at radius 3 is 2.47 bits per heavy atom. The molecule has 1 heterocycles. The van der Waals surface area contributed by atoms with Gasteiger partial charge in [0.05, 0.1) is 5.69 Å². The van der Waals surface area contributed by atoms with Gasteiger partial charge in [0.15, 0.2) is 0 Å². The van der Waals surface area contributed by atoms with Crippen molar-refractivity contribution in [3.8, 4) is 0 Å². The van der Waals surface area contributed by atoms with Crippen LogP contribution in [0.2, 0.25) is 0 Å². The smallest absolute Gasteiger partial charge is 0.0505 e. The highest BCUT2D eigenvalue weighted by molar-refractivity contribution is 7.98. The molecule has 82 valence electrons. The lowest BCUT2D eigenvalue weighted by Crippen LogP contribution is -2.43. The van der Waals surface area contributed by atoms with E-state index in [1.54, 1.807) is 0 Å². The maximum Gasteiger partial charge on any atom is 0.0505 e. The Morgan fingerprint density at radius 1 is 1.13 bits per heavy atom. The highest BCUT2D eigenvalue weighted by Crippen LogP contribution is 2.28. The van der Waals surface area contributed by atoms with Crippen LogP contribution in [-0.4, -0.2) is 37.3 Å². The molecule has 0 N–H and O–H groups in total. The first-order valence-electron chi connectivity index (χ1n) is 5.24. The van der Waals surface area contributed by atoms with Crippen molar-refractivity contribution >= 4 is 17.4 Å².